The van der Waals surface area contributed by atoms with Crippen LogP contribution in [0.1, 0.15) is 39.7 Å². The second kappa shape index (κ2) is 13.5. The number of carboxylic acids is 1. The summed E-state index contributed by atoms with van der Waals surface area (Å²) in [7, 11) is 0. The number of carbonyl (C=O) groups excluding carboxylic acids is 1. The summed E-state index contributed by atoms with van der Waals surface area (Å²) in [5, 5.41) is 12.3. The average molecular weight is 648 g/mol. The van der Waals surface area contributed by atoms with Crippen molar-refractivity contribution in [2.24, 2.45) is 0 Å². The third-order valence-electron chi connectivity index (χ3n) is 6.47. The van der Waals surface area contributed by atoms with Crippen LogP contribution in [0, 0.1) is 0 Å². The van der Waals surface area contributed by atoms with Gasteiger partial charge in [0.05, 0.1) is 10.6 Å². The van der Waals surface area contributed by atoms with E-state index < -0.39 is 46.6 Å². The molecule has 43 heavy (non-hydrogen) atoms. The highest BCUT2D eigenvalue weighted by Crippen LogP contribution is 2.41. The van der Waals surface area contributed by atoms with E-state index in [0.717, 1.165) is 54.1 Å². The minimum Gasteiger partial charge on any atom is -0.477 e. The Morgan fingerprint density at radius 3 is 2.23 bits per heavy atom. The Hall–Kier alpha value is -3.43. The van der Waals surface area contributed by atoms with E-state index in [1.165, 1.54) is 17.0 Å². The molecule has 0 radical (unpaired) electrons. The zero-order chi connectivity index (χ0) is 31.4. The van der Waals surface area contributed by atoms with Crippen LogP contribution < -0.4 is 15.0 Å². The van der Waals surface area contributed by atoms with Crippen molar-refractivity contribution in [3.05, 3.63) is 76.2 Å². The Bertz CT molecular complexity index is 1410. The lowest BCUT2D eigenvalue weighted by molar-refractivity contribution is -0.274. The third kappa shape index (κ3) is 8.80. The molecule has 4 rings (SSSR count). The highest BCUT2D eigenvalue weighted by Gasteiger charge is 2.40. The fourth-order valence-electron chi connectivity index (χ4n) is 4.45. The molecule has 0 saturated carbocycles. The summed E-state index contributed by atoms with van der Waals surface area (Å²) in [6.07, 6.45) is -7.81. The number of carboxylic acid groups (broad SMARTS) is 1. The zero-order valence-electron chi connectivity index (χ0n) is 22.7. The second-order valence-electron chi connectivity index (χ2n) is 9.63. The molecular weight excluding hydrogens is 620 g/mol. The van der Waals surface area contributed by atoms with Crippen LogP contribution in [0.3, 0.4) is 0 Å². The number of benzene rings is 2. The molecule has 7 nitrogen and oxygen atoms in total. The number of piperazine rings is 1. The maximum Gasteiger partial charge on any atom is 0.573 e. The summed E-state index contributed by atoms with van der Waals surface area (Å²) in [4.78, 5) is 26.2. The van der Waals surface area contributed by atoms with Gasteiger partial charge in [-0.05, 0) is 59.8 Å². The third-order valence-corrected chi connectivity index (χ3v) is 8.81. The van der Waals surface area contributed by atoms with E-state index in [0.29, 0.717) is 16.2 Å². The summed E-state index contributed by atoms with van der Waals surface area (Å²) in [6.45, 7) is 2.56. The molecule has 2 heterocycles. The van der Waals surface area contributed by atoms with E-state index in [2.05, 4.69) is 17.0 Å². The topological polar surface area (TPSA) is 82.1 Å². The molecule has 0 unspecified atom stereocenters. The molecule has 15 heteroatoms. The number of hydrogen-bond acceptors (Lipinski definition) is 7. The predicted octanol–water partition coefficient (Wildman–Crippen LogP) is 6.83. The maximum absolute atomic E-state index is 13.5. The number of carbonyl (C=O) groups is 2. The number of nitrogens with one attached hydrogen (secondary N) is 1. The summed E-state index contributed by atoms with van der Waals surface area (Å²) < 4.78 is 83.8. The van der Waals surface area contributed by atoms with Gasteiger partial charge >= 0.3 is 18.5 Å². The van der Waals surface area contributed by atoms with Crippen LogP contribution in [0.5, 0.6) is 5.75 Å². The van der Waals surface area contributed by atoms with Crippen molar-refractivity contribution < 1.29 is 45.8 Å². The summed E-state index contributed by atoms with van der Waals surface area (Å²) in [5.41, 5.74) is 0.745. The minimum absolute atomic E-state index is 0.0551. The normalized spacial score (nSPS) is 16.3. The highest BCUT2D eigenvalue weighted by atomic mass is 32.2. The maximum atomic E-state index is 13.5. The van der Waals surface area contributed by atoms with Crippen LogP contribution in [0.15, 0.2) is 59.5 Å². The fourth-order valence-corrected chi connectivity index (χ4v) is 6.49. The lowest BCUT2D eigenvalue weighted by atomic mass is 10.1. The van der Waals surface area contributed by atoms with E-state index in [9.17, 15) is 41.0 Å². The first-order valence-corrected chi connectivity index (χ1v) is 14.7. The van der Waals surface area contributed by atoms with Crippen LogP contribution in [-0.2, 0) is 23.9 Å². The van der Waals surface area contributed by atoms with Crippen LogP contribution in [-0.4, -0.2) is 53.3 Å². The zero-order valence-corrected chi connectivity index (χ0v) is 24.3. The molecule has 2 aromatic carbocycles. The molecule has 1 atom stereocenters. The van der Waals surface area contributed by atoms with Gasteiger partial charge in [0.1, 0.15) is 16.7 Å². The number of aromatic carboxylic acids is 1. The number of hydrogen-bond donors (Lipinski definition) is 2. The molecular formula is C28H27F6N3O4S2. The van der Waals surface area contributed by atoms with Crippen LogP contribution in [0.4, 0.5) is 31.3 Å². The predicted molar refractivity (Wildman–Crippen MR) is 150 cm³/mol. The molecule has 2 N–H and O–H groups in total. The standard InChI is InChI=1S/C28H27F6N3O4S2/c1-2-3-17-4-6-18(7-5-17)15-35-25(38)22-16-36(23-14-21(27(29,30)31)24(42-23)26(39)40)12-13-37(22)43-20-10-8-19(9-11-20)41-28(32,33)34/h4-11,14,22H,2-3,12-13,15-16H2,1H3,(H,35,38)(H,39,40)/t22-/m1/s1. The summed E-state index contributed by atoms with van der Waals surface area (Å²) in [5.74, 6) is -2.53. The first-order valence-electron chi connectivity index (χ1n) is 13.1. The first kappa shape index (κ1) is 32.5. The molecule has 1 saturated heterocycles. The number of aryl methyl sites for hydroxylation is 1. The van der Waals surface area contributed by atoms with E-state index in [-0.39, 0.29) is 31.2 Å². The van der Waals surface area contributed by atoms with E-state index >= 15 is 0 Å². The summed E-state index contributed by atoms with van der Waals surface area (Å²) >= 11 is 1.59. The van der Waals surface area contributed by atoms with Crippen molar-refractivity contribution in [2.75, 3.05) is 24.5 Å². The SMILES string of the molecule is CCCc1ccc(CNC(=O)[C@H]2CN(c3cc(C(F)(F)F)c(C(=O)O)s3)CCN2Sc2ccc(OC(F)(F)F)cc2)cc1. The Morgan fingerprint density at radius 2 is 1.67 bits per heavy atom. The number of halogens is 6. The van der Waals surface area contributed by atoms with Gasteiger partial charge in [-0.3, -0.25) is 4.79 Å². The molecule has 0 aliphatic carbocycles. The molecule has 1 aliphatic rings. The largest absolute Gasteiger partial charge is 0.573 e. The van der Waals surface area contributed by atoms with Gasteiger partial charge in [0.15, 0.2) is 0 Å². The second-order valence-corrected chi connectivity index (χ2v) is 11.8. The van der Waals surface area contributed by atoms with Gasteiger partial charge < -0.3 is 20.1 Å². The van der Waals surface area contributed by atoms with Gasteiger partial charge in [-0.25, -0.2) is 9.10 Å². The molecule has 1 amide bonds. The van der Waals surface area contributed by atoms with Crippen molar-refractivity contribution in [3.8, 4) is 5.75 Å². The fraction of sp³-hybridized carbons (Fsp3) is 0.357. The van der Waals surface area contributed by atoms with Gasteiger partial charge in [0.25, 0.3) is 0 Å². The van der Waals surface area contributed by atoms with Crippen molar-refractivity contribution in [1.82, 2.24) is 9.62 Å². The van der Waals surface area contributed by atoms with E-state index in [4.69, 9.17) is 0 Å². The quantitative estimate of drug-likeness (QED) is 0.185. The Balaban J connectivity index is 1.54. The van der Waals surface area contributed by atoms with Gasteiger partial charge in [0, 0.05) is 31.1 Å². The van der Waals surface area contributed by atoms with Crippen LogP contribution >= 0.6 is 23.3 Å². The molecule has 0 spiro atoms. The number of rotatable bonds is 10. The van der Waals surface area contributed by atoms with Crippen LogP contribution in [0.2, 0.25) is 0 Å². The van der Waals surface area contributed by atoms with Crippen molar-refractivity contribution in [1.29, 1.82) is 0 Å². The molecule has 3 aromatic rings. The Labute approximate surface area is 251 Å². The van der Waals surface area contributed by atoms with Gasteiger partial charge in [-0.2, -0.15) is 13.2 Å². The lowest BCUT2D eigenvalue weighted by Crippen LogP contribution is -2.56. The number of ether oxygens (including phenoxy) is 1. The molecule has 1 fully saturated rings. The number of thiophene rings is 1. The lowest BCUT2D eigenvalue weighted by Gasteiger charge is -2.40. The molecule has 232 valence electrons. The van der Waals surface area contributed by atoms with E-state index in [1.807, 2.05) is 24.3 Å². The van der Waals surface area contributed by atoms with Gasteiger partial charge in [0.2, 0.25) is 5.91 Å². The van der Waals surface area contributed by atoms with Crippen molar-refractivity contribution in [3.63, 3.8) is 0 Å². The Kier molecular flexibility index (Phi) is 10.2. The van der Waals surface area contributed by atoms with Crippen LogP contribution in [0.25, 0.3) is 0 Å². The van der Waals surface area contributed by atoms with Crippen molar-refractivity contribution >= 4 is 40.2 Å². The summed E-state index contributed by atoms with van der Waals surface area (Å²) in [6, 6.07) is 12.7. The molecule has 1 aromatic heterocycles. The smallest absolute Gasteiger partial charge is 0.477 e. The monoisotopic (exact) mass is 647 g/mol. The number of nitrogens with zero attached hydrogens (tertiary/aromatic N) is 2. The van der Waals surface area contributed by atoms with Crippen molar-refractivity contribution in [2.45, 2.75) is 49.8 Å². The highest BCUT2D eigenvalue weighted by molar-refractivity contribution is 7.97. The molecule has 0 bridgehead atoms. The average Bonchev–Trinajstić information content (AvgIpc) is 3.40. The van der Waals surface area contributed by atoms with Gasteiger partial charge in [-0.1, -0.05) is 37.6 Å². The number of amides is 1. The Morgan fingerprint density at radius 1 is 1.02 bits per heavy atom. The number of alkyl halides is 6. The molecule has 1 aliphatic heterocycles. The van der Waals surface area contributed by atoms with Gasteiger partial charge in [-0.15, -0.1) is 24.5 Å². The number of anilines is 1. The first-order chi connectivity index (χ1) is 20.2. The minimum atomic E-state index is -4.87. The van der Waals surface area contributed by atoms with E-state index in [1.54, 1.807) is 4.31 Å².